The molecule has 2 nitrogen and oxygen atoms in total. The van der Waals surface area contributed by atoms with Gasteiger partial charge in [-0.3, -0.25) is 0 Å². The molecule has 16 heavy (non-hydrogen) atoms. The van der Waals surface area contributed by atoms with Crippen molar-refractivity contribution in [3.8, 4) is 0 Å². The molecule has 2 fully saturated rings. The first-order valence-corrected chi connectivity index (χ1v) is 6.92. The zero-order valence-corrected chi connectivity index (χ0v) is 11.4. The topological polar surface area (TPSA) is 15.3 Å². The van der Waals surface area contributed by atoms with Crippen LogP contribution in [0.15, 0.2) is 0 Å². The molecule has 0 spiro atoms. The smallest absolute Gasteiger partial charge is 0.0221 e. The molecule has 3 unspecified atom stereocenters. The third-order valence-corrected chi connectivity index (χ3v) is 4.65. The van der Waals surface area contributed by atoms with E-state index < -0.39 is 0 Å². The van der Waals surface area contributed by atoms with E-state index in [1.807, 2.05) is 0 Å². The molecule has 2 heteroatoms. The van der Waals surface area contributed by atoms with Gasteiger partial charge < -0.3 is 10.2 Å². The Labute approximate surface area is 101 Å². The van der Waals surface area contributed by atoms with Crippen LogP contribution in [0.1, 0.15) is 40.5 Å². The second-order valence-electron chi connectivity index (χ2n) is 6.94. The number of nitrogens with one attached hydrogen (secondary N) is 1. The van der Waals surface area contributed by atoms with Crippen LogP contribution >= 0.6 is 0 Å². The van der Waals surface area contributed by atoms with Crippen molar-refractivity contribution in [3.05, 3.63) is 0 Å². The highest BCUT2D eigenvalue weighted by Crippen LogP contribution is 2.33. The van der Waals surface area contributed by atoms with Crippen LogP contribution in [-0.4, -0.2) is 37.1 Å². The van der Waals surface area contributed by atoms with Crippen LogP contribution in [-0.2, 0) is 0 Å². The zero-order valence-electron chi connectivity index (χ0n) is 11.4. The lowest BCUT2D eigenvalue weighted by molar-refractivity contribution is 0.216. The highest BCUT2D eigenvalue weighted by molar-refractivity contribution is 4.89. The van der Waals surface area contributed by atoms with Crippen LogP contribution < -0.4 is 5.32 Å². The van der Waals surface area contributed by atoms with Crippen molar-refractivity contribution in [2.45, 2.75) is 46.6 Å². The molecular formula is C14H28N2. The minimum atomic E-state index is 0.490. The molecule has 94 valence electrons. The van der Waals surface area contributed by atoms with Crippen molar-refractivity contribution in [1.82, 2.24) is 10.2 Å². The van der Waals surface area contributed by atoms with Gasteiger partial charge in [0.1, 0.15) is 0 Å². The number of nitrogens with zero attached hydrogens (tertiary/aromatic N) is 1. The highest BCUT2D eigenvalue weighted by atomic mass is 15.2. The normalized spacial score (nSPS) is 37.1. The van der Waals surface area contributed by atoms with Gasteiger partial charge in [-0.1, -0.05) is 27.7 Å². The zero-order chi connectivity index (χ0) is 11.8. The summed E-state index contributed by atoms with van der Waals surface area (Å²) in [6.07, 6.45) is 2.76. The lowest BCUT2D eigenvalue weighted by atomic mass is 9.80. The Hall–Kier alpha value is -0.0800. The molecule has 1 N–H and O–H groups in total. The summed E-state index contributed by atoms with van der Waals surface area (Å²) in [5.41, 5.74) is 0.490. The van der Waals surface area contributed by atoms with E-state index in [2.05, 4.69) is 37.9 Å². The summed E-state index contributed by atoms with van der Waals surface area (Å²) in [4.78, 5) is 2.68. The summed E-state index contributed by atoms with van der Waals surface area (Å²) in [6.45, 7) is 14.7. The van der Waals surface area contributed by atoms with Crippen LogP contribution in [0.2, 0.25) is 0 Å². The van der Waals surface area contributed by atoms with Crippen LogP contribution in [0, 0.1) is 17.3 Å². The first-order valence-electron chi connectivity index (χ1n) is 6.92. The molecule has 2 heterocycles. The van der Waals surface area contributed by atoms with E-state index in [0.29, 0.717) is 5.41 Å². The van der Waals surface area contributed by atoms with Gasteiger partial charge in [-0.05, 0) is 43.2 Å². The molecule has 0 radical (unpaired) electrons. The molecule has 0 aliphatic carbocycles. The van der Waals surface area contributed by atoms with E-state index in [-0.39, 0.29) is 0 Å². The van der Waals surface area contributed by atoms with Gasteiger partial charge in [-0.15, -0.1) is 0 Å². The molecule has 3 atom stereocenters. The van der Waals surface area contributed by atoms with Crippen LogP contribution in [0.25, 0.3) is 0 Å². The number of likely N-dealkylation sites (tertiary alicyclic amines) is 1. The van der Waals surface area contributed by atoms with Crippen molar-refractivity contribution in [3.63, 3.8) is 0 Å². The maximum absolute atomic E-state index is 3.65. The fourth-order valence-corrected chi connectivity index (χ4v) is 3.13. The van der Waals surface area contributed by atoms with Crippen molar-refractivity contribution in [2.75, 3.05) is 26.2 Å². The monoisotopic (exact) mass is 224 g/mol. The maximum atomic E-state index is 3.65. The van der Waals surface area contributed by atoms with E-state index in [0.717, 1.165) is 17.9 Å². The second-order valence-corrected chi connectivity index (χ2v) is 6.94. The van der Waals surface area contributed by atoms with Gasteiger partial charge in [0.2, 0.25) is 0 Å². The molecule has 0 aromatic rings. The predicted molar refractivity (Wildman–Crippen MR) is 69.6 cm³/mol. The van der Waals surface area contributed by atoms with Gasteiger partial charge in [-0.2, -0.15) is 0 Å². The Balaban J connectivity index is 1.81. The first kappa shape index (κ1) is 12.4. The molecule has 0 aromatic carbocycles. The number of rotatable bonds is 2. The highest BCUT2D eigenvalue weighted by Gasteiger charge is 2.33. The summed E-state index contributed by atoms with van der Waals surface area (Å²) in [7, 11) is 0. The van der Waals surface area contributed by atoms with E-state index in [1.165, 1.54) is 39.0 Å². The minimum absolute atomic E-state index is 0.490. The van der Waals surface area contributed by atoms with Crippen molar-refractivity contribution in [2.24, 2.45) is 17.3 Å². The summed E-state index contributed by atoms with van der Waals surface area (Å²) >= 11 is 0. The quantitative estimate of drug-likeness (QED) is 0.774. The van der Waals surface area contributed by atoms with E-state index in [4.69, 9.17) is 0 Å². The van der Waals surface area contributed by atoms with Gasteiger partial charge in [0.05, 0.1) is 0 Å². The Kier molecular flexibility index (Phi) is 3.60. The molecule has 2 aliphatic rings. The molecule has 2 rings (SSSR count). The van der Waals surface area contributed by atoms with Crippen LogP contribution in [0.5, 0.6) is 0 Å². The Bertz CT molecular complexity index is 231. The van der Waals surface area contributed by atoms with E-state index >= 15 is 0 Å². The average molecular weight is 224 g/mol. The maximum Gasteiger partial charge on any atom is 0.0221 e. The lowest BCUT2D eigenvalue weighted by Gasteiger charge is -2.28. The lowest BCUT2D eigenvalue weighted by Crippen LogP contribution is -2.39. The standard InChI is InChI=1S/C14H28N2/c1-11-5-7-15-13(11)10-16-8-6-12(9-16)14(2,3)4/h11-13,15H,5-10H2,1-4H3. The SMILES string of the molecule is CC1CCNC1CN1CCC(C(C)(C)C)C1. The molecule has 0 bridgehead atoms. The summed E-state index contributed by atoms with van der Waals surface area (Å²) in [6, 6.07) is 0.749. The number of hydrogen-bond donors (Lipinski definition) is 1. The molecule has 2 saturated heterocycles. The predicted octanol–water partition coefficient (Wildman–Crippen LogP) is 2.35. The summed E-state index contributed by atoms with van der Waals surface area (Å²) in [5.74, 6) is 1.76. The molecular weight excluding hydrogens is 196 g/mol. The van der Waals surface area contributed by atoms with Gasteiger partial charge >= 0.3 is 0 Å². The molecule has 0 aromatic heterocycles. The third-order valence-electron chi connectivity index (χ3n) is 4.65. The Morgan fingerprint density at radius 1 is 1.25 bits per heavy atom. The van der Waals surface area contributed by atoms with Crippen LogP contribution in [0.3, 0.4) is 0 Å². The van der Waals surface area contributed by atoms with Gasteiger partial charge in [0.25, 0.3) is 0 Å². The van der Waals surface area contributed by atoms with Crippen LogP contribution in [0.4, 0.5) is 0 Å². The molecule has 2 aliphatic heterocycles. The summed E-state index contributed by atoms with van der Waals surface area (Å²) < 4.78 is 0. The Morgan fingerprint density at radius 2 is 2.00 bits per heavy atom. The van der Waals surface area contributed by atoms with Gasteiger partial charge in [0, 0.05) is 19.1 Å². The number of hydrogen-bond acceptors (Lipinski definition) is 2. The third kappa shape index (κ3) is 2.78. The fourth-order valence-electron chi connectivity index (χ4n) is 3.13. The van der Waals surface area contributed by atoms with E-state index in [1.54, 1.807) is 0 Å². The summed E-state index contributed by atoms with van der Waals surface area (Å²) in [5, 5.41) is 3.65. The van der Waals surface area contributed by atoms with E-state index in [9.17, 15) is 0 Å². The van der Waals surface area contributed by atoms with Gasteiger partial charge in [0.15, 0.2) is 0 Å². The van der Waals surface area contributed by atoms with Crippen molar-refractivity contribution >= 4 is 0 Å². The average Bonchev–Trinajstić information content (AvgIpc) is 2.76. The molecule has 0 amide bonds. The van der Waals surface area contributed by atoms with Gasteiger partial charge in [-0.25, -0.2) is 0 Å². The van der Waals surface area contributed by atoms with Crippen molar-refractivity contribution in [1.29, 1.82) is 0 Å². The fraction of sp³-hybridized carbons (Fsp3) is 1.00. The first-order chi connectivity index (χ1) is 7.47. The minimum Gasteiger partial charge on any atom is -0.312 e. The second kappa shape index (κ2) is 4.66. The van der Waals surface area contributed by atoms with Crippen molar-refractivity contribution < 1.29 is 0 Å². The molecule has 0 saturated carbocycles. The Morgan fingerprint density at radius 3 is 2.50 bits per heavy atom. The largest absolute Gasteiger partial charge is 0.312 e.